The highest BCUT2D eigenvalue weighted by molar-refractivity contribution is 5.95. The molecule has 2 N–H and O–H groups in total. The first-order valence-corrected chi connectivity index (χ1v) is 13.2. The van der Waals surface area contributed by atoms with Gasteiger partial charge in [0.15, 0.2) is 17.2 Å². The third kappa shape index (κ3) is 4.50. The predicted octanol–water partition coefficient (Wildman–Crippen LogP) is 6.78. The van der Waals surface area contributed by atoms with Crippen LogP contribution in [0.1, 0.15) is 37.7 Å². The van der Waals surface area contributed by atoms with Gasteiger partial charge < -0.3 is 9.72 Å². The molecule has 0 atom stereocenters. The molecule has 0 bridgehead atoms. The normalized spacial score (nSPS) is 14.3. The van der Waals surface area contributed by atoms with Crippen LogP contribution >= 0.6 is 0 Å². The summed E-state index contributed by atoms with van der Waals surface area (Å²) in [7, 11) is 0. The summed E-state index contributed by atoms with van der Waals surface area (Å²) in [5, 5.41) is 7.57. The number of pyridine rings is 3. The number of fused-ring (bicyclic) bond motifs is 2. The van der Waals surface area contributed by atoms with Crippen molar-refractivity contribution in [2.24, 2.45) is 0 Å². The lowest BCUT2D eigenvalue weighted by atomic mass is 9.98. The highest BCUT2D eigenvalue weighted by Crippen LogP contribution is 2.32. The maximum Gasteiger partial charge on any atom is 0.178 e. The molecule has 1 aliphatic rings. The fourth-order valence-corrected chi connectivity index (χ4v) is 5.38. The molecule has 7 rings (SSSR count). The lowest BCUT2D eigenvalue weighted by Gasteiger charge is -2.22. The second kappa shape index (κ2) is 9.58. The van der Waals surface area contributed by atoms with E-state index in [0.717, 1.165) is 52.1 Å². The van der Waals surface area contributed by atoms with Gasteiger partial charge in [-0.15, -0.1) is 0 Å². The Morgan fingerprint density at radius 3 is 2.72 bits per heavy atom. The van der Waals surface area contributed by atoms with E-state index in [1.807, 2.05) is 37.3 Å². The number of H-pyrrole nitrogens is 2. The topological polar surface area (TPSA) is 105 Å². The Morgan fingerprint density at radius 1 is 0.949 bits per heavy atom. The largest absolute Gasteiger partial charge is 0.489 e. The van der Waals surface area contributed by atoms with E-state index in [9.17, 15) is 4.39 Å². The Balaban J connectivity index is 1.26. The summed E-state index contributed by atoms with van der Waals surface area (Å²) >= 11 is 0. The molecule has 9 heteroatoms. The molecule has 0 aliphatic heterocycles. The van der Waals surface area contributed by atoms with Crippen molar-refractivity contribution in [3.05, 3.63) is 72.4 Å². The summed E-state index contributed by atoms with van der Waals surface area (Å²) < 4.78 is 20.4. The summed E-state index contributed by atoms with van der Waals surface area (Å²) in [5.74, 6) is 1.01. The van der Waals surface area contributed by atoms with E-state index in [2.05, 4.69) is 25.1 Å². The van der Waals surface area contributed by atoms with Gasteiger partial charge in [0.2, 0.25) is 0 Å². The first-order chi connectivity index (χ1) is 19.1. The van der Waals surface area contributed by atoms with Crippen LogP contribution in [0.5, 0.6) is 5.75 Å². The molecule has 5 heterocycles. The summed E-state index contributed by atoms with van der Waals surface area (Å²) in [5.41, 5.74) is 7.31. The van der Waals surface area contributed by atoms with E-state index < -0.39 is 0 Å². The first-order valence-electron chi connectivity index (χ1n) is 13.2. The van der Waals surface area contributed by atoms with Crippen LogP contribution in [0.4, 0.5) is 4.39 Å². The van der Waals surface area contributed by atoms with Crippen LogP contribution in [0.25, 0.3) is 56.1 Å². The Bertz CT molecular complexity index is 1800. The van der Waals surface area contributed by atoms with E-state index in [0.29, 0.717) is 28.2 Å². The molecule has 0 radical (unpaired) electrons. The molecule has 1 aromatic carbocycles. The molecular weight excluding hydrogens is 493 g/mol. The lowest BCUT2D eigenvalue weighted by Crippen LogP contribution is -2.19. The van der Waals surface area contributed by atoms with Crippen LogP contribution in [-0.4, -0.2) is 41.2 Å². The zero-order valence-corrected chi connectivity index (χ0v) is 21.4. The fourth-order valence-electron chi connectivity index (χ4n) is 5.38. The highest BCUT2D eigenvalue weighted by Gasteiger charge is 2.19. The quantitative estimate of drug-likeness (QED) is 0.260. The minimum absolute atomic E-state index is 0.245. The lowest BCUT2D eigenvalue weighted by molar-refractivity contribution is 0.154. The van der Waals surface area contributed by atoms with E-state index >= 15 is 0 Å². The Kier molecular flexibility index (Phi) is 5.76. The third-order valence-electron chi connectivity index (χ3n) is 7.24. The van der Waals surface area contributed by atoms with Gasteiger partial charge in [-0.25, -0.2) is 19.3 Å². The smallest absolute Gasteiger partial charge is 0.178 e. The van der Waals surface area contributed by atoms with Gasteiger partial charge in [0.1, 0.15) is 17.1 Å². The molecule has 0 saturated heterocycles. The summed E-state index contributed by atoms with van der Waals surface area (Å²) in [6.07, 6.45) is 11.3. The van der Waals surface area contributed by atoms with Crippen LogP contribution in [0, 0.1) is 12.7 Å². The van der Waals surface area contributed by atoms with E-state index in [-0.39, 0.29) is 11.9 Å². The van der Waals surface area contributed by atoms with Crippen LogP contribution < -0.4 is 4.74 Å². The van der Waals surface area contributed by atoms with Gasteiger partial charge in [-0.3, -0.25) is 10.1 Å². The zero-order chi connectivity index (χ0) is 26.3. The summed E-state index contributed by atoms with van der Waals surface area (Å²) in [6, 6.07) is 12.7. The van der Waals surface area contributed by atoms with Crippen molar-refractivity contribution >= 4 is 22.2 Å². The number of nitrogens with one attached hydrogen (secondary N) is 2. The molecule has 1 fully saturated rings. The Morgan fingerprint density at radius 2 is 1.85 bits per heavy atom. The Labute approximate surface area is 223 Å². The average molecular weight is 520 g/mol. The van der Waals surface area contributed by atoms with Crippen molar-refractivity contribution in [1.29, 1.82) is 0 Å². The van der Waals surface area contributed by atoms with Gasteiger partial charge in [0, 0.05) is 23.5 Å². The monoisotopic (exact) mass is 519 g/mol. The zero-order valence-electron chi connectivity index (χ0n) is 21.4. The molecular formula is C30H26FN7O. The number of rotatable bonds is 5. The number of aryl methyl sites for hydroxylation is 1. The number of ether oxygens (including phenoxy) is 1. The highest BCUT2D eigenvalue weighted by atomic mass is 19.1. The summed E-state index contributed by atoms with van der Waals surface area (Å²) in [4.78, 5) is 21.8. The van der Waals surface area contributed by atoms with Gasteiger partial charge in [-0.05, 0) is 80.1 Å². The number of benzene rings is 1. The minimum atomic E-state index is -0.285. The van der Waals surface area contributed by atoms with Gasteiger partial charge in [-0.1, -0.05) is 12.5 Å². The van der Waals surface area contributed by atoms with Crippen molar-refractivity contribution in [3.8, 4) is 39.7 Å². The van der Waals surface area contributed by atoms with Crippen LogP contribution in [0.2, 0.25) is 0 Å². The van der Waals surface area contributed by atoms with Crippen molar-refractivity contribution in [1.82, 2.24) is 35.1 Å². The third-order valence-corrected chi connectivity index (χ3v) is 7.24. The number of halogens is 1. The van der Waals surface area contributed by atoms with Crippen molar-refractivity contribution in [3.63, 3.8) is 0 Å². The predicted molar refractivity (Wildman–Crippen MR) is 148 cm³/mol. The number of imidazole rings is 1. The number of aromatic nitrogens is 7. The number of hydrogen-bond acceptors (Lipinski definition) is 6. The molecule has 1 aliphatic carbocycles. The molecule has 8 nitrogen and oxygen atoms in total. The standard InChI is InChI=1S/C30H26FN7O/c1-17-11-18(13-20(31)12-17)23-9-10-33-29-26(23)35-30(36-29)28-27-25(37-38-28)8-7-24(34-27)19-14-22(16-32-15-19)39-21-5-3-2-4-6-21/h7-16,21H,2-6H2,1H3,(H,37,38)(H,33,35,36). The van der Waals surface area contributed by atoms with E-state index in [1.165, 1.54) is 31.4 Å². The van der Waals surface area contributed by atoms with E-state index in [4.69, 9.17) is 14.7 Å². The van der Waals surface area contributed by atoms with E-state index in [1.54, 1.807) is 18.6 Å². The van der Waals surface area contributed by atoms with Crippen molar-refractivity contribution in [2.75, 3.05) is 0 Å². The molecule has 1 saturated carbocycles. The van der Waals surface area contributed by atoms with Gasteiger partial charge >= 0.3 is 0 Å². The summed E-state index contributed by atoms with van der Waals surface area (Å²) in [6.45, 7) is 1.87. The van der Waals surface area contributed by atoms with Crippen LogP contribution in [0.3, 0.4) is 0 Å². The maximum absolute atomic E-state index is 14.2. The molecule has 194 valence electrons. The van der Waals surface area contributed by atoms with Crippen LogP contribution in [-0.2, 0) is 0 Å². The Hall–Kier alpha value is -4.66. The van der Waals surface area contributed by atoms with Gasteiger partial charge in [0.05, 0.1) is 29.0 Å². The fraction of sp³-hybridized carbons (Fsp3) is 0.233. The van der Waals surface area contributed by atoms with Crippen LogP contribution in [0.15, 0.2) is 61.1 Å². The second-order valence-electron chi connectivity index (χ2n) is 10.1. The van der Waals surface area contributed by atoms with Gasteiger partial charge in [0.25, 0.3) is 0 Å². The van der Waals surface area contributed by atoms with Crippen molar-refractivity contribution in [2.45, 2.75) is 45.1 Å². The molecule has 39 heavy (non-hydrogen) atoms. The molecule has 5 aromatic heterocycles. The number of nitrogens with zero attached hydrogens (tertiary/aromatic N) is 5. The minimum Gasteiger partial charge on any atom is -0.489 e. The van der Waals surface area contributed by atoms with Crippen molar-refractivity contribution < 1.29 is 9.13 Å². The molecule has 6 aromatic rings. The maximum atomic E-state index is 14.2. The second-order valence-corrected chi connectivity index (χ2v) is 10.1. The number of hydrogen-bond donors (Lipinski definition) is 2. The first kappa shape index (κ1) is 23.5. The molecule has 0 amide bonds. The average Bonchev–Trinajstić information content (AvgIpc) is 3.57. The number of aromatic amines is 2. The SMILES string of the molecule is Cc1cc(F)cc(-c2ccnc3nc(-c4n[nH]c5ccc(-c6cncc(OC7CCCCC7)c6)nc45)[nH]c23)c1. The molecule has 0 spiro atoms. The van der Waals surface area contributed by atoms with Gasteiger partial charge in [-0.2, -0.15) is 5.10 Å². The molecule has 0 unspecified atom stereocenters.